The van der Waals surface area contributed by atoms with Crippen molar-refractivity contribution in [3.63, 3.8) is 0 Å². The number of amides is 1. The number of hydrogen-bond donors (Lipinski definition) is 2. The van der Waals surface area contributed by atoms with Gasteiger partial charge in [-0.25, -0.2) is 9.97 Å². The number of aromatic nitrogens is 2. The summed E-state index contributed by atoms with van der Waals surface area (Å²) < 4.78 is 49.0. The smallest absolute Gasteiger partial charge is 0.405 e. The normalized spacial score (nSPS) is 12.4. The summed E-state index contributed by atoms with van der Waals surface area (Å²) in [6.07, 6.45) is -4.36. The van der Waals surface area contributed by atoms with Crippen molar-refractivity contribution in [1.82, 2.24) is 15.3 Å². The molecular formula is C21H19BrClF3N4O3. The lowest BCUT2D eigenvalue weighted by molar-refractivity contribution is -0.142. The minimum Gasteiger partial charge on any atom is -0.495 e. The van der Waals surface area contributed by atoms with Gasteiger partial charge in [-0.1, -0.05) is 11.6 Å². The Balaban J connectivity index is 1.93. The summed E-state index contributed by atoms with van der Waals surface area (Å²) in [5, 5.41) is 5.93. The Morgan fingerprint density at radius 1 is 1.27 bits per heavy atom. The average Bonchev–Trinajstić information content (AvgIpc) is 2.73. The molecule has 0 fully saturated rings. The first-order valence-corrected chi connectivity index (χ1v) is 10.7. The number of hydrogen-bond acceptors (Lipinski definition) is 6. The predicted molar refractivity (Wildman–Crippen MR) is 122 cm³/mol. The molecule has 0 unspecified atom stereocenters. The van der Waals surface area contributed by atoms with Gasteiger partial charge in [0.15, 0.2) is 6.10 Å². The molecule has 0 aliphatic heterocycles. The number of carbonyl (C=O) groups is 1. The van der Waals surface area contributed by atoms with E-state index in [1.165, 1.54) is 19.3 Å². The molecule has 1 amide bonds. The molecule has 176 valence electrons. The van der Waals surface area contributed by atoms with Crippen molar-refractivity contribution < 1.29 is 27.4 Å². The Morgan fingerprint density at radius 3 is 2.67 bits per heavy atom. The molecule has 1 heterocycles. The molecule has 3 rings (SSSR count). The molecule has 0 spiro atoms. The van der Waals surface area contributed by atoms with Gasteiger partial charge in [-0.3, -0.25) is 4.79 Å². The first kappa shape index (κ1) is 24.8. The molecule has 0 saturated heterocycles. The number of benzene rings is 2. The molecule has 0 radical (unpaired) electrons. The highest BCUT2D eigenvalue weighted by molar-refractivity contribution is 9.10. The van der Waals surface area contributed by atoms with E-state index in [-0.39, 0.29) is 5.75 Å². The number of nitrogens with zero attached hydrogens (tertiary/aromatic N) is 2. The molecule has 0 aliphatic carbocycles. The highest BCUT2D eigenvalue weighted by atomic mass is 79.9. The zero-order valence-electron chi connectivity index (χ0n) is 17.7. The lowest BCUT2D eigenvalue weighted by Gasteiger charge is -2.19. The number of anilines is 2. The molecule has 7 nitrogen and oxygen atoms in total. The van der Waals surface area contributed by atoms with Crippen LogP contribution in [0.1, 0.15) is 12.5 Å². The third-order valence-electron chi connectivity index (χ3n) is 4.61. The first-order chi connectivity index (χ1) is 15.5. The van der Waals surface area contributed by atoms with Crippen LogP contribution in [-0.2, 0) is 4.79 Å². The maximum Gasteiger partial charge on any atom is 0.405 e. The van der Waals surface area contributed by atoms with Crippen LogP contribution >= 0.6 is 27.5 Å². The van der Waals surface area contributed by atoms with Crippen LogP contribution in [0.4, 0.5) is 24.7 Å². The Hall–Kier alpha value is -2.79. The Morgan fingerprint density at radius 2 is 2.00 bits per heavy atom. The second-order valence-electron chi connectivity index (χ2n) is 6.99. The van der Waals surface area contributed by atoms with Crippen LogP contribution in [0.3, 0.4) is 0 Å². The molecule has 1 aromatic heterocycles. The van der Waals surface area contributed by atoms with Crippen molar-refractivity contribution in [3.8, 4) is 11.5 Å². The molecule has 1 atom stereocenters. The van der Waals surface area contributed by atoms with E-state index in [0.29, 0.717) is 33.2 Å². The van der Waals surface area contributed by atoms with Gasteiger partial charge in [0.2, 0.25) is 0 Å². The number of methoxy groups -OCH3 is 1. The fourth-order valence-electron chi connectivity index (χ4n) is 3.10. The zero-order valence-corrected chi connectivity index (χ0v) is 20.0. The maximum absolute atomic E-state index is 12.4. The minimum atomic E-state index is -4.53. The van der Waals surface area contributed by atoms with Gasteiger partial charge in [0.25, 0.3) is 5.91 Å². The van der Waals surface area contributed by atoms with Gasteiger partial charge in [-0.15, -0.1) is 0 Å². The Bertz CT molecular complexity index is 1190. The lowest BCUT2D eigenvalue weighted by Crippen LogP contribution is -2.41. The number of alkyl halides is 3. The van der Waals surface area contributed by atoms with Gasteiger partial charge in [0, 0.05) is 22.0 Å². The number of ether oxygens (including phenoxy) is 2. The van der Waals surface area contributed by atoms with E-state index in [0.717, 1.165) is 10.0 Å². The SMILES string of the molecule is COc1c(Br)cc2ncnc(Nc3ccc(Cl)cc3O[C@H](C)C(=O)NCC(F)(F)F)c2c1C. The number of halogens is 5. The number of carbonyl (C=O) groups excluding carboxylic acids is 1. The van der Waals surface area contributed by atoms with Crippen molar-refractivity contribution in [2.75, 3.05) is 19.0 Å². The van der Waals surface area contributed by atoms with Gasteiger partial charge in [-0.05, 0) is 48.0 Å². The van der Waals surface area contributed by atoms with Crippen LogP contribution in [0.5, 0.6) is 11.5 Å². The molecule has 0 saturated carbocycles. The molecule has 3 aromatic rings. The highest BCUT2D eigenvalue weighted by Gasteiger charge is 2.29. The third-order valence-corrected chi connectivity index (χ3v) is 5.43. The van der Waals surface area contributed by atoms with Crippen LogP contribution in [0.15, 0.2) is 35.1 Å². The number of aryl methyl sites for hydroxylation is 1. The molecule has 0 aliphatic rings. The molecule has 2 N–H and O–H groups in total. The summed E-state index contributed by atoms with van der Waals surface area (Å²) in [6.45, 7) is 1.74. The average molecular weight is 548 g/mol. The van der Waals surface area contributed by atoms with Crippen LogP contribution in [0.2, 0.25) is 5.02 Å². The second kappa shape index (κ2) is 10.0. The van der Waals surface area contributed by atoms with E-state index in [1.54, 1.807) is 30.6 Å². The maximum atomic E-state index is 12.4. The molecular weight excluding hydrogens is 529 g/mol. The summed E-state index contributed by atoms with van der Waals surface area (Å²) >= 11 is 9.53. The van der Waals surface area contributed by atoms with Crippen molar-refractivity contribution in [1.29, 1.82) is 0 Å². The van der Waals surface area contributed by atoms with Crippen molar-refractivity contribution >= 4 is 55.8 Å². The van der Waals surface area contributed by atoms with Crippen LogP contribution in [-0.4, -0.2) is 41.8 Å². The molecule has 12 heteroatoms. The van der Waals surface area contributed by atoms with Gasteiger partial charge in [0.1, 0.15) is 30.2 Å². The van der Waals surface area contributed by atoms with E-state index in [2.05, 4.69) is 31.2 Å². The van der Waals surface area contributed by atoms with Gasteiger partial charge in [0.05, 0.1) is 22.8 Å². The van der Waals surface area contributed by atoms with Crippen molar-refractivity contribution in [2.24, 2.45) is 0 Å². The summed E-state index contributed by atoms with van der Waals surface area (Å²) in [4.78, 5) is 20.7. The van der Waals surface area contributed by atoms with Crippen LogP contribution < -0.4 is 20.1 Å². The van der Waals surface area contributed by atoms with E-state index in [9.17, 15) is 18.0 Å². The lowest BCUT2D eigenvalue weighted by atomic mass is 10.1. The highest BCUT2D eigenvalue weighted by Crippen LogP contribution is 2.39. The zero-order chi connectivity index (χ0) is 24.3. The summed E-state index contributed by atoms with van der Waals surface area (Å²) in [7, 11) is 1.55. The summed E-state index contributed by atoms with van der Waals surface area (Å²) in [5.74, 6) is 0.286. The van der Waals surface area contributed by atoms with Crippen molar-refractivity contribution in [2.45, 2.75) is 26.1 Å². The molecule has 0 bridgehead atoms. The number of rotatable bonds is 7. The monoisotopic (exact) mass is 546 g/mol. The fourth-order valence-corrected chi connectivity index (χ4v) is 3.94. The number of fused-ring (bicyclic) bond motifs is 1. The van der Waals surface area contributed by atoms with E-state index < -0.39 is 24.7 Å². The Labute approximate surface area is 200 Å². The topological polar surface area (TPSA) is 85.4 Å². The van der Waals surface area contributed by atoms with Gasteiger partial charge >= 0.3 is 6.18 Å². The van der Waals surface area contributed by atoms with Crippen LogP contribution in [0.25, 0.3) is 10.9 Å². The standard InChI is InChI=1S/C21H19BrClF3N4O3/c1-10-17-15(7-13(22)18(10)32-3)28-9-29-19(17)30-14-5-4-12(23)6-16(14)33-11(2)20(31)27-8-21(24,25)26/h4-7,9,11H,8H2,1-3H3,(H,27,31)(H,28,29,30)/t11-/m1/s1. The summed E-state index contributed by atoms with van der Waals surface area (Å²) in [5.41, 5.74) is 1.83. The summed E-state index contributed by atoms with van der Waals surface area (Å²) in [6, 6.07) is 6.45. The third kappa shape index (κ3) is 5.97. The van der Waals surface area contributed by atoms with Gasteiger partial charge < -0.3 is 20.1 Å². The second-order valence-corrected chi connectivity index (χ2v) is 8.28. The molecule has 33 heavy (non-hydrogen) atoms. The van der Waals surface area contributed by atoms with Crippen LogP contribution in [0, 0.1) is 6.92 Å². The Kier molecular flexibility index (Phi) is 7.53. The number of nitrogens with one attached hydrogen (secondary N) is 2. The quantitative estimate of drug-likeness (QED) is 0.403. The largest absolute Gasteiger partial charge is 0.495 e. The van der Waals surface area contributed by atoms with E-state index in [4.69, 9.17) is 21.1 Å². The molecule has 2 aromatic carbocycles. The van der Waals surface area contributed by atoms with E-state index in [1.807, 2.05) is 6.92 Å². The van der Waals surface area contributed by atoms with Crippen molar-refractivity contribution in [3.05, 3.63) is 45.7 Å². The van der Waals surface area contributed by atoms with E-state index >= 15 is 0 Å². The first-order valence-electron chi connectivity index (χ1n) is 9.55. The minimum absolute atomic E-state index is 0.158. The van der Waals surface area contributed by atoms with Gasteiger partial charge in [-0.2, -0.15) is 13.2 Å². The fraction of sp³-hybridized carbons (Fsp3) is 0.286. The predicted octanol–water partition coefficient (Wildman–Crippen LogP) is 5.55.